The lowest BCUT2D eigenvalue weighted by molar-refractivity contribution is -0.132. The van der Waals surface area contributed by atoms with E-state index in [9.17, 15) is 14.4 Å². The Labute approximate surface area is 154 Å². The van der Waals surface area contributed by atoms with Crippen molar-refractivity contribution in [3.63, 3.8) is 0 Å². The van der Waals surface area contributed by atoms with Crippen LogP contribution in [-0.4, -0.2) is 39.4 Å². The average molecular weight is 368 g/mol. The Bertz CT molecular complexity index is 992. The Morgan fingerprint density at radius 2 is 1.89 bits per heavy atom. The van der Waals surface area contributed by atoms with E-state index in [4.69, 9.17) is 9.57 Å². The lowest BCUT2D eigenvalue weighted by Crippen LogP contribution is -2.33. The van der Waals surface area contributed by atoms with E-state index in [0.29, 0.717) is 28.4 Å². The van der Waals surface area contributed by atoms with Crippen molar-refractivity contribution in [2.75, 3.05) is 4.90 Å². The number of carbonyl (C=O) groups excluding carboxylic acids is 3. The fourth-order valence-corrected chi connectivity index (χ4v) is 3.34. The van der Waals surface area contributed by atoms with Crippen molar-refractivity contribution in [2.45, 2.75) is 20.0 Å². The average Bonchev–Trinajstić information content (AvgIpc) is 3.24. The first-order valence-electron chi connectivity index (χ1n) is 8.27. The van der Waals surface area contributed by atoms with Crippen molar-refractivity contribution in [1.29, 1.82) is 0 Å². The maximum absolute atomic E-state index is 13.0. The molecule has 0 radical (unpaired) electrons. The molecule has 2 atom stereocenters. The third kappa shape index (κ3) is 2.67. The zero-order chi connectivity index (χ0) is 19.3. The van der Waals surface area contributed by atoms with Crippen LogP contribution in [0.1, 0.15) is 18.2 Å². The summed E-state index contributed by atoms with van der Waals surface area (Å²) in [6.45, 7) is 3.10. The van der Waals surface area contributed by atoms with Crippen LogP contribution in [0.5, 0.6) is 5.75 Å². The zero-order valence-corrected chi connectivity index (χ0v) is 14.9. The quantitative estimate of drug-likeness (QED) is 0.454. The van der Waals surface area contributed by atoms with Gasteiger partial charge < -0.3 is 9.57 Å². The Morgan fingerprint density at radius 3 is 2.48 bits per heavy atom. The monoisotopic (exact) mass is 368 g/mol. The normalized spacial score (nSPS) is 21.1. The molecule has 1 saturated heterocycles. The van der Waals surface area contributed by atoms with Crippen LogP contribution in [0.15, 0.2) is 35.6 Å². The fourth-order valence-electron chi connectivity index (χ4n) is 3.34. The predicted molar refractivity (Wildman–Crippen MR) is 93.1 cm³/mol. The molecule has 1 fully saturated rings. The van der Waals surface area contributed by atoms with Gasteiger partial charge in [0.05, 0.1) is 11.4 Å². The summed E-state index contributed by atoms with van der Waals surface area (Å²) >= 11 is 0. The number of nitrogens with zero attached hydrogens (tertiary/aromatic N) is 4. The molecule has 0 saturated carbocycles. The second-order valence-corrected chi connectivity index (χ2v) is 6.38. The van der Waals surface area contributed by atoms with E-state index in [-0.39, 0.29) is 0 Å². The van der Waals surface area contributed by atoms with Crippen LogP contribution >= 0.6 is 0 Å². The highest BCUT2D eigenvalue weighted by molar-refractivity contribution is 6.32. The molecule has 4 rings (SSSR count). The highest BCUT2D eigenvalue weighted by Crippen LogP contribution is 2.36. The molecule has 138 valence electrons. The van der Waals surface area contributed by atoms with Crippen molar-refractivity contribution in [3.8, 4) is 5.75 Å². The van der Waals surface area contributed by atoms with Gasteiger partial charge in [0.25, 0.3) is 5.91 Å². The number of anilines is 1. The number of fused-ring (bicyclic) bond motifs is 1. The number of hydrogen-bond acceptors (Lipinski definition) is 7. The molecule has 1 aromatic heterocycles. The molecule has 1 aromatic carbocycles. The van der Waals surface area contributed by atoms with Crippen molar-refractivity contribution >= 4 is 29.2 Å². The van der Waals surface area contributed by atoms with E-state index in [2.05, 4.69) is 10.3 Å². The number of amides is 2. The van der Waals surface area contributed by atoms with Gasteiger partial charge >= 0.3 is 5.97 Å². The van der Waals surface area contributed by atoms with Gasteiger partial charge in [-0.2, -0.15) is 5.10 Å². The first kappa shape index (κ1) is 17.0. The van der Waals surface area contributed by atoms with E-state index >= 15 is 0 Å². The molecule has 3 heterocycles. The Morgan fingerprint density at radius 1 is 1.19 bits per heavy atom. The third-order valence-corrected chi connectivity index (χ3v) is 4.46. The molecule has 0 bridgehead atoms. The second kappa shape index (κ2) is 6.04. The number of aryl methyl sites for hydroxylation is 2. The number of ether oxygens (including phenoxy) is 1. The molecule has 0 aliphatic carbocycles. The van der Waals surface area contributed by atoms with Crippen molar-refractivity contribution < 1.29 is 24.0 Å². The molecule has 27 heavy (non-hydrogen) atoms. The lowest BCUT2D eigenvalue weighted by atomic mass is 9.94. The molecule has 0 spiro atoms. The number of imide groups is 1. The SMILES string of the molecule is CC(=O)Oc1ccc(N2C(=O)[C@H]3C(c4cn(C)nc4C)=NO[C@H]3C2=O)cc1. The molecular formula is C18H16N4O5. The van der Waals surface area contributed by atoms with E-state index in [1.807, 2.05) is 0 Å². The number of rotatable bonds is 3. The summed E-state index contributed by atoms with van der Waals surface area (Å²) in [4.78, 5) is 43.1. The predicted octanol–water partition coefficient (Wildman–Crippen LogP) is 0.946. The van der Waals surface area contributed by atoms with E-state index < -0.39 is 29.8 Å². The number of benzene rings is 1. The molecule has 2 amide bonds. The number of oxime groups is 1. The summed E-state index contributed by atoms with van der Waals surface area (Å²) in [5.41, 5.74) is 2.16. The maximum atomic E-state index is 13.0. The standard InChI is InChI=1S/C18H16N4O5/c1-9-13(8-21(3)19-9)15-14-16(27-20-15)18(25)22(17(14)24)11-4-6-12(7-5-11)26-10(2)23/h4-8,14,16H,1-3H3/t14-,16+/m0/s1. The van der Waals surface area contributed by atoms with Gasteiger partial charge in [0, 0.05) is 25.7 Å². The third-order valence-electron chi connectivity index (χ3n) is 4.46. The van der Waals surface area contributed by atoms with Crippen LogP contribution in [0.25, 0.3) is 0 Å². The second-order valence-electron chi connectivity index (χ2n) is 6.38. The van der Waals surface area contributed by atoms with Crippen LogP contribution in [0.3, 0.4) is 0 Å². The minimum absolute atomic E-state index is 0.329. The zero-order valence-electron chi connectivity index (χ0n) is 14.9. The van der Waals surface area contributed by atoms with Crippen LogP contribution in [0.4, 0.5) is 5.69 Å². The van der Waals surface area contributed by atoms with Gasteiger partial charge in [-0.05, 0) is 31.2 Å². The molecule has 0 N–H and O–H groups in total. The summed E-state index contributed by atoms with van der Waals surface area (Å²) in [5, 5.41) is 8.23. The largest absolute Gasteiger partial charge is 0.427 e. The van der Waals surface area contributed by atoms with Crippen LogP contribution in [0.2, 0.25) is 0 Å². The van der Waals surface area contributed by atoms with E-state index in [0.717, 1.165) is 4.90 Å². The summed E-state index contributed by atoms with van der Waals surface area (Å²) in [6.07, 6.45) is 0.758. The molecule has 9 heteroatoms. The fraction of sp³-hybridized carbons (Fsp3) is 0.278. The minimum atomic E-state index is -0.986. The first-order valence-corrected chi connectivity index (χ1v) is 8.27. The van der Waals surface area contributed by atoms with E-state index in [1.54, 1.807) is 37.0 Å². The van der Waals surface area contributed by atoms with Crippen molar-refractivity contribution in [1.82, 2.24) is 9.78 Å². The van der Waals surface area contributed by atoms with Gasteiger partial charge in [-0.1, -0.05) is 5.16 Å². The summed E-state index contributed by atoms with van der Waals surface area (Å²) in [6, 6.07) is 6.13. The molecule has 2 aliphatic rings. The summed E-state index contributed by atoms with van der Waals surface area (Å²) in [5.74, 6) is -1.83. The summed E-state index contributed by atoms with van der Waals surface area (Å²) < 4.78 is 6.59. The van der Waals surface area contributed by atoms with Gasteiger partial charge in [-0.3, -0.25) is 19.1 Å². The topological polar surface area (TPSA) is 103 Å². The number of esters is 1. The Balaban J connectivity index is 1.64. The van der Waals surface area contributed by atoms with Gasteiger partial charge in [0.2, 0.25) is 12.0 Å². The van der Waals surface area contributed by atoms with Crippen LogP contribution in [0, 0.1) is 12.8 Å². The highest BCUT2D eigenvalue weighted by atomic mass is 16.6. The molecule has 0 unspecified atom stereocenters. The first-order chi connectivity index (χ1) is 12.9. The Hall–Kier alpha value is -3.49. The maximum Gasteiger partial charge on any atom is 0.308 e. The van der Waals surface area contributed by atoms with Gasteiger partial charge in [-0.15, -0.1) is 0 Å². The minimum Gasteiger partial charge on any atom is -0.427 e. The van der Waals surface area contributed by atoms with E-state index in [1.165, 1.54) is 19.1 Å². The molecule has 2 aliphatic heterocycles. The Kier molecular flexibility index (Phi) is 3.79. The van der Waals surface area contributed by atoms with Gasteiger partial charge in [0.15, 0.2) is 0 Å². The van der Waals surface area contributed by atoms with Gasteiger partial charge in [0.1, 0.15) is 17.4 Å². The molecule has 9 nitrogen and oxygen atoms in total. The number of aromatic nitrogens is 2. The van der Waals surface area contributed by atoms with Crippen LogP contribution in [-0.2, 0) is 26.3 Å². The van der Waals surface area contributed by atoms with Gasteiger partial charge in [-0.25, -0.2) is 4.90 Å². The number of carbonyl (C=O) groups is 3. The smallest absolute Gasteiger partial charge is 0.308 e. The number of hydrogen-bond donors (Lipinski definition) is 0. The van der Waals surface area contributed by atoms with Crippen LogP contribution < -0.4 is 9.64 Å². The molecular weight excluding hydrogens is 352 g/mol. The lowest BCUT2D eigenvalue weighted by Gasteiger charge is -2.15. The molecule has 2 aromatic rings. The highest BCUT2D eigenvalue weighted by Gasteiger charge is 2.56. The summed E-state index contributed by atoms with van der Waals surface area (Å²) in [7, 11) is 1.77. The van der Waals surface area contributed by atoms with Crippen molar-refractivity contribution in [2.24, 2.45) is 18.1 Å². The van der Waals surface area contributed by atoms with Crippen molar-refractivity contribution in [3.05, 3.63) is 41.7 Å².